The molecule has 2 heteroatoms. The standard InChI is InChI=1S/C26H31NO/c1-18(2)15-25(22-9-7-6-8-10-22)28-24-16-20(5)26(27-17-24)23-13-11-21(12-14-23)19(3)4/h6-14,16-19,25H,15H2,1-5H3. The Morgan fingerprint density at radius 2 is 1.54 bits per heavy atom. The van der Waals surface area contributed by atoms with Crippen LogP contribution in [0.3, 0.4) is 0 Å². The molecule has 0 bridgehead atoms. The van der Waals surface area contributed by atoms with Crippen molar-refractivity contribution in [3.63, 3.8) is 0 Å². The molecule has 1 unspecified atom stereocenters. The highest BCUT2D eigenvalue weighted by Crippen LogP contribution is 2.30. The van der Waals surface area contributed by atoms with Crippen molar-refractivity contribution in [3.8, 4) is 17.0 Å². The molecule has 0 saturated carbocycles. The first-order valence-electron chi connectivity index (χ1n) is 10.2. The van der Waals surface area contributed by atoms with Gasteiger partial charge in [0.25, 0.3) is 0 Å². The first-order valence-corrected chi connectivity index (χ1v) is 10.2. The molecule has 0 spiro atoms. The third-order valence-corrected chi connectivity index (χ3v) is 5.04. The smallest absolute Gasteiger partial charge is 0.138 e. The Morgan fingerprint density at radius 1 is 0.857 bits per heavy atom. The molecule has 0 radical (unpaired) electrons. The molecule has 0 aliphatic heterocycles. The molecule has 28 heavy (non-hydrogen) atoms. The zero-order valence-electron chi connectivity index (χ0n) is 17.6. The topological polar surface area (TPSA) is 22.1 Å². The highest BCUT2D eigenvalue weighted by Gasteiger charge is 2.16. The van der Waals surface area contributed by atoms with Crippen LogP contribution in [0.2, 0.25) is 0 Å². The molecule has 0 saturated heterocycles. The number of hydrogen-bond acceptors (Lipinski definition) is 2. The summed E-state index contributed by atoms with van der Waals surface area (Å²) in [5.74, 6) is 1.92. The number of rotatable bonds is 7. The molecular weight excluding hydrogens is 342 g/mol. The molecule has 0 fully saturated rings. The second kappa shape index (κ2) is 9.05. The Bertz CT molecular complexity index is 882. The van der Waals surface area contributed by atoms with Crippen molar-refractivity contribution in [1.29, 1.82) is 0 Å². The SMILES string of the molecule is Cc1cc(OC(CC(C)C)c2ccccc2)cnc1-c1ccc(C(C)C)cc1. The van der Waals surface area contributed by atoms with E-state index in [4.69, 9.17) is 9.72 Å². The second-order valence-electron chi connectivity index (χ2n) is 8.26. The lowest BCUT2D eigenvalue weighted by Crippen LogP contribution is -2.11. The van der Waals surface area contributed by atoms with Gasteiger partial charge in [-0.1, -0.05) is 82.3 Å². The zero-order valence-corrected chi connectivity index (χ0v) is 17.6. The molecule has 2 aromatic carbocycles. The van der Waals surface area contributed by atoms with E-state index in [2.05, 4.69) is 89.2 Å². The predicted octanol–water partition coefficient (Wildman–Crippen LogP) is 7.35. The van der Waals surface area contributed by atoms with E-state index in [-0.39, 0.29) is 6.10 Å². The average Bonchev–Trinajstić information content (AvgIpc) is 2.68. The molecule has 1 atom stereocenters. The van der Waals surface area contributed by atoms with Crippen LogP contribution in [-0.2, 0) is 0 Å². The maximum Gasteiger partial charge on any atom is 0.138 e. The summed E-state index contributed by atoms with van der Waals surface area (Å²) in [6, 6.07) is 21.3. The molecule has 3 aromatic rings. The van der Waals surface area contributed by atoms with Crippen LogP contribution in [0.5, 0.6) is 5.75 Å². The van der Waals surface area contributed by atoms with Crippen LogP contribution in [0, 0.1) is 12.8 Å². The fraction of sp³-hybridized carbons (Fsp3) is 0.346. The van der Waals surface area contributed by atoms with E-state index in [1.807, 2.05) is 12.3 Å². The third-order valence-electron chi connectivity index (χ3n) is 5.04. The lowest BCUT2D eigenvalue weighted by Gasteiger charge is -2.22. The van der Waals surface area contributed by atoms with Crippen molar-refractivity contribution in [2.24, 2.45) is 5.92 Å². The number of hydrogen-bond donors (Lipinski definition) is 0. The van der Waals surface area contributed by atoms with E-state index < -0.39 is 0 Å². The van der Waals surface area contributed by atoms with Gasteiger partial charge in [0, 0.05) is 5.56 Å². The third kappa shape index (κ3) is 5.01. The lowest BCUT2D eigenvalue weighted by molar-refractivity contribution is 0.176. The summed E-state index contributed by atoms with van der Waals surface area (Å²) in [5.41, 5.74) is 5.85. The van der Waals surface area contributed by atoms with E-state index in [1.165, 1.54) is 11.1 Å². The molecule has 146 valence electrons. The number of aryl methyl sites for hydroxylation is 1. The van der Waals surface area contributed by atoms with Crippen LogP contribution >= 0.6 is 0 Å². The van der Waals surface area contributed by atoms with E-state index in [9.17, 15) is 0 Å². The summed E-state index contributed by atoms with van der Waals surface area (Å²) >= 11 is 0. The fourth-order valence-electron chi connectivity index (χ4n) is 3.45. The Labute approximate surface area is 169 Å². The summed E-state index contributed by atoms with van der Waals surface area (Å²) in [5, 5.41) is 0. The van der Waals surface area contributed by atoms with Gasteiger partial charge in [-0.2, -0.15) is 0 Å². The number of ether oxygens (including phenoxy) is 1. The van der Waals surface area contributed by atoms with Crippen molar-refractivity contribution in [2.75, 3.05) is 0 Å². The van der Waals surface area contributed by atoms with Gasteiger partial charge in [-0.25, -0.2) is 0 Å². The minimum atomic E-state index is 0.0403. The lowest BCUT2D eigenvalue weighted by atomic mass is 9.99. The van der Waals surface area contributed by atoms with E-state index in [0.29, 0.717) is 11.8 Å². The Hall–Kier alpha value is -2.61. The van der Waals surface area contributed by atoms with Gasteiger partial charge in [0.2, 0.25) is 0 Å². The van der Waals surface area contributed by atoms with E-state index >= 15 is 0 Å². The van der Waals surface area contributed by atoms with Crippen molar-refractivity contribution in [1.82, 2.24) is 4.98 Å². The molecule has 0 aliphatic rings. The van der Waals surface area contributed by atoms with Gasteiger partial charge in [0.15, 0.2) is 0 Å². The Balaban J connectivity index is 1.82. The van der Waals surface area contributed by atoms with Gasteiger partial charge in [-0.3, -0.25) is 4.98 Å². The molecule has 0 amide bonds. The first kappa shape index (κ1) is 20.1. The van der Waals surface area contributed by atoms with Crippen LogP contribution < -0.4 is 4.74 Å². The molecule has 1 aromatic heterocycles. The Kier molecular flexibility index (Phi) is 6.51. The molecule has 2 nitrogen and oxygen atoms in total. The van der Waals surface area contributed by atoms with Gasteiger partial charge < -0.3 is 4.74 Å². The van der Waals surface area contributed by atoms with Crippen LogP contribution in [-0.4, -0.2) is 4.98 Å². The van der Waals surface area contributed by atoms with Gasteiger partial charge in [0.1, 0.15) is 11.9 Å². The van der Waals surface area contributed by atoms with Gasteiger partial charge >= 0.3 is 0 Å². The fourth-order valence-corrected chi connectivity index (χ4v) is 3.45. The van der Waals surface area contributed by atoms with Crippen LogP contribution in [0.15, 0.2) is 66.9 Å². The quantitative estimate of drug-likeness (QED) is 0.432. The van der Waals surface area contributed by atoms with E-state index in [1.54, 1.807) is 0 Å². The van der Waals surface area contributed by atoms with Crippen molar-refractivity contribution >= 4 is 0 Å². The van der Waals surface area contributed by atoms with Crippen molar-refractivity contribution in [3.05, 3.63) is 83.6 Å². The molecule has 0 N–H and O–H groups in total. The number of aromatic nitrogens is 1. The Morgan fingerprint density at radius 3 is 2.11 bits per heavy atom. The van der Waals surface area contributed by atoms with Crippen LogP contribution in [0.25, 0.3) is 11.3 Å². The van der Waals surface area contributed by atoms with Gasteiger partial charge in [-0.15, -0.1) is 0 Å². The predicted molar refractivity (Wildman–Crippen MR) is 118 cm³/mol. The second-order valence-corrected chi connectivity index (χ2v) is 8.26. The number of benzene rings is 2. The highest BCUT2D eigenvalue weighted by molar-refractivity contribution is 5.63. The maximum absolute atomic E-state index is 6.37. The molecule has 1 heterocycles. The normalized spacial score (nSPS) is 12.4. The molecule has 0 aliphatic carbocycles. The minimum absolute atomic E-state index is 0.0403. The maximum atomic E-state index is 6.37. The monoisotopic (exact) mass is 373 g/mol. The van der Waals surface area contributed by atoms with Crippen molar-refractivity contribution < 1.29 is 4.74 Å². The summed E-state index contributed by atoms with van der Waals surface area (Å²) in [6.45, 7) is 11.0. The van der Waals surface area contributed by atoms with Gasteiger partial charge in [-0.05, 0) is 47.9 Å². The summed E-state index contributed by atoms with van der Waals surface area (Å²) in [6.07, 6.45) is 2.87. The minimum Gasteiger partial charge on any atom is -0.484 e. The summed E-state index contributed by atoms with van der Waals surface area (Å²) in [7, 11) is 0. The summed E-state index contributed by atoms with van der Waals surface area (Å²) in [4.78, 5) is 4.72. The summed E-state index contributed by atoms with van der Waals surface area (Å²) < 4.78 is 6.37. The number of pyridine rings is 1. The van der Waals surface area contributed by atoms with Crippen LogP contribution in [0.4, 0.5) is 0 Å². The average molecular weight is 374 g/mol. The van der Waals surface area contributed by atoms with Crippen molar-refractivity contribution in [2.45, 2.75) is 53.1 Å². The molecular formula is C26H31NO. The van der Waals surface area contributed by atoms with Gasteiger partial charge in [0.05, 0.1) is 11.9 Å². The first-order chi connectivity index (χ1) is 13.4. The van der Waals surface area contributed by atoms with E-state index in [0.717, 1.165) is 29.0 Å². The molecule has 3 rings (SSSR count). The zero-order chi connectivity index (χ0) is 20.1. The number of nitrogens with zero attached hydrogens (tertiary/aromatic N) is 1. The largest absolute Gasteiger partial charge is 0.484 e. The van der Waals surface area contributed by atoms with Crippen LogP contribution in [0.1, 0.15) is 62.8 Å². The highest BCUT2D eigenvalue weighted by atomic mass is 16.5.